The second kappa shape index (κ2) is 9.01. The van der Waals surface area contributed by atoms with Crippen LogP contribution in [0.5, 0.6) is 0 Å². The summed E-state index contributed by atoms with van der Waals surface area (Å²) in [5, 5.41) is 5.62. The van der Waals surface area contributed by atoms with Crippen molar-refractivity contribution in [1.82, 2.24) is 20.4 Å². The number of nitrogens with zero attached hydrogens (tertiary/aromatic N) is 2. The molecule has 1 unspecified atom stereocenters. The smallest absolute Gasteiger partial charge is 0.251 e. The summed E-state index contributed by atoms with van der Waals surface area (Å²) in [6.07, 6.45) is 5.49. The first-order valence-electron chi connectivity index (χ1n) is 9.81. The number of carbonyl (C=O) groups excluding carboxylic acids is 3. The van der Waals surface area contributed by atoms with E-state index in [4.69, 9.17) is 0 Å². The van der Waals surface area contributed by atoms with Crippen LogP contribution in [0.25, 0.3) is 6.08 Å². The number of benzene rings is 1. The summed E-state index contributed by atoms with van der Waals surface area (Å²) in [5.41, 5.74) is 1.45. The van der Waals surface area contributed by atoms with E-state index in [1.165, 1.54) is 0 Å². The molecule has 1 aliphatic heterocycles. The minimum atomic E-state index is -0.160. The van der Waals surface area contributed by atoms with E-state index < -0.39 is 0 Å². The molecule has 2 fully saturated rings. The summed E-state index contributed by atoms with van der Waals surface area (Å²) < 4.78 is 0. The fourth-order valence-electron chi connectivity index (χ4n) is 3.21. The second-order valence-electron chi connectivity index (χ2n) is 7.35. The van der Waals surface area contributed by atoms with Crippen LogP contribution in [0.4, 0.5) is 0 Å². The van der Waals surface area contributed by atoms with Crippen molar-refractivity contribution in [2.24, 2.45) is 0 Å². The molecule has 7 heteroatoms. The molecule has 2 aliphatic rings. The number of amides is 3. The molecule has 7 nitrogen and oxygen atoms in total. The minimum absolute atomic E-state index is 0.0369. The van der Waals surface area contributed by atoms with Crippen LogP contribution in [0, 0.1) is 0 Å². The maximum atomic E-state index is 12.4. The molecule has 1 aliphatic carbocycles. The lowest BCUT2D eigenvalue weighted by Gasteiger charge is -2.37. The fourth-order valence-corrected chi connectivity index (χ4v) is 3.21. The lowest BCUT2D eigenvalue weighted by Crippen LogP contribution is -2.55. The van der Waals surface area contributed by atoms with Gasteiger partial charge in [0.05, 0.1) is 6.04 Å². The van der Waals surface area contributed by atoms with Crippen molar-refractivity contribution in [2.75, 3.05) is 33.2 Å². The van der Waals surface area contributed by atoms with Gasteiger partial charge in [0.15, 0.2) is 0 Å². The van der Waals surface area contributed by atoms with E-state index in [2.05, 4.69) is 15.5 Å². The third kappa shape index (κ3) is 5.19. The van der Waals surface area contributed by atoms with Gasteiger partial charge in [0.25, 0.3) is 5.91 Å². The largest absolute Gasteiger partial charge is 0.355 e. The van der Waals surface area contributed by atoms with Crippen LogP contribution in [0.2, 0.25) is 0 Å². The third-order valence-electron chi connectivity index (χ3n) is 5.30. The van der Waals surface area contributed by atoms with Gasteiger partial charge >= 0.3 is 0 Å². The molecule has 2 N–H and O–H groups in total. The highest BCUT2D eigenvalue weighted by molar-refractivity contribution is 5.95. The van der Waals surface area contributed by atoms with Gasteiger partial charge < -0.3 is 15.5 Å². The molecule has 1 aromatic rings. The molecule has 1 saturated heterocycles. The Bertz CT molecular complexity index is 747. The Balaban J connectivity index is 1.47. The average molecular weight is 384 g/mol. The SMILES string of the molecule is CNC(=O)c1ccc(/C=C/C(=O)N2CCN(C(C)C(=O)NC3CC3)CC2)cc1. The molecule has 150 valence electrons. The zero-order valence-corrected chi connectivity index (χ0v) is 16.5. The van der Waals surface area contributed by atoms with Gasteiger partial charge in [-0.2, -0.15) is 0 Å². The van der Waals surface area contributed by atoms with Crippen LogP contribution in [0.3, 0.4) is 0 Å². The highest BCUT2D eigenvalue weighted by Crippen LogP contribution is 2.19. The number of nitrogens with one attached hydrogen (secondary N) is 2. The van der Waals surface area contributed by atoms with Gasteiger partial charge in [0.1, 0.15) is 0 Å². The molecule has 0 spiro atoms. The molecule has 0 bridgehead atoms. The topological polar surface area (TPSA) is 81.8 Å². The Labute approximate surface area is 165 Å². The van der Waals surface area contributed by atoms with E-state index in [9.17, 15) is 14.4 Å². The van der Waals surface area contributed by atoms with Crippen LogP contribution >= 0.6 is 0 Å². The Kier molecular flexibility index (Phi) is 6.46. The van der Waals surface area contributed by atoms with Gasteiger partial charge in [-0.1, -0.05) is 12.1 Å². The van der Waals surface area contributed by atoms with Gasteiger partial charge in [-0.05, 0) is 43.5 Å². The average Bonchev–Trinajstić information content (AvgIpc) is 3.55. The Morgan fingerprint density at radius 3 is 2.29 bits per heavy atom. The van der Waals surface area contributed by atoms with Gasteiger partial charge in [0, 0.05) is 50.9 Å². The Morgan fingerprint density at radius 2 is 1.71 bits per heavy atom. The van der Waals surface area contributed by atoms with E-state index >= 15 is 0 Å². The number of hydrogen-bond donors (Lipinski definition) is 2. The first-order chi connectivity index (χ1) is 13.5. The number of rotatable bonds is 6. The minimum Gasteiger partial charge on any atom is -0.355 e. The first kappa shape index (κ1) is 20.1. The molecule has 3 amide bonds. The van der Waals surface area contributed by atoms with E-state index in [0.29, 0.717) is 37.8 Å². The maximum Gasteiger partial charge on any atom is 0.251 e. The van der Waals surface area contributed by atoms with E-state index in [0.717, 1.165) is 18.4 Å². The summed E-state index contributed by atoms with van der Waals surface area (Å²) in [6, 6.07) is 7.30. The quantitative estimate of drug-likeness (QED) is 0.713. The highest BCUT2D eigenvalue weighted by atomic mass is 16.2. The van der Waals surface area contributed by atoms with E-state index in [1.807, 2.05) is 19.1 Å². The van der Waals surface area contributed by atoms with Crippen LogP contribution in [0.1, 0.15) is 35.7 Å². The van der Waals surface area contributed by atoms with E-state index in [1.54, 1.807) is 36.2 Å². The van der Waals surface area contributed by atoms with Crippen molar-refractivity contribution in [2.45, 2.75) is 31.8 Å². The van der Waals surface area contributed by atoms with Gasteiger partial charge in [-0.3, -0.25) is 19.3 Å². The number of hydrogen-bond acceptors (Lipinski definition) is 4. The molecule has 1 saturated carbocycles. The van der Waals surface area contributed by atoms with Crippen LogP contribution in [0.15, 0.2) is 30.3 Å². The molecule has 1 aromatic carbocycles. The molecule has 0 aromatic heterocycles. The predicted octanol–water partition coefficient (Wildman–Crippen LogP) is 0.871. The summed E-state index contributed by atoms with van der Waals surface area (Å²) in [6.45, 7) is 4.54. The normalized spacial score (nSPS) is 18.7. The van der Waals surface area contributed by atoms with Gasteiger partial charge in [-0.15, -0.1) is 0 Å². The monoisotopic (exact) mass is 384 g/mol. The Morgan fingerprint density at radius 1 is 1.07 bits per heavy atom. The van der Waals surface area contributed by atoms with Crippen molar-refractivity contribution in [3.05, 3.63) is 41.5 Å². The molecule has 3 rings (SSSR count). The second-order valence-corrected chi connectivity index (χ2v) is 7.35. The van der Waals surface area contributed by atoms with Crippen molar-refractivity contribution in [1.29, 1.82) is 0 Å². The van der Waals surface area contributed by atoms with Crippen LogP contribution in [-0.2, 0) is 9.59 Å². The lowest BCUT2D eigenvalue weighted by atomic mass is 10.1. The lowest BCUT2D eigenvalue weighted by molar-refractivity contribution is -0.130. The van der Waals surface area contributed by atoms with E-state index in [-0.39, 0.29) is 23.8 Å². The van der Waals surface area contributed by atoms with Crippen LogP contribution < -0.4 is 10.6 Å². The van der Waals surface area contributed by atoms with Crippen molar-refractivity contribution in [3.8, 4) is 0 Å². The fraction of sp³-hybridized carbons (Fsp3) is 0.476. The zero-order chi connectivity index (χ0) is 20.1. The Hall–Kier alpha value is -2.67. The predicted molar refractivity (Wildman–Crippen MR) is 108 cm³/mol. The molecule has 1 heterocycles. The standard InChI is InChI=1S/C21H28N4O3/c1-15(20(27)23-18-8-9-18)24-11-13-25(14-12-24)19(26)10-5-16-3-6-17(7-4-16)21(28)22-2/h3-7,10,15,18H,8-9,11-14H2,1-2H3,(H,22,28)(H,23,27)/b10-5+. The summed E-state index contributed by atoms with van der Waals surface area (Å²) in [5.74, 6) is -0.0861. The highest BCUT2D eigenvalue weighted by Gasteiger charge is 2.30. The number of carbonyl (C=O) groups is 3. The third-order valence-corrected chi connectivity index (χ3v) is 5.30. The van der Waals surface area contributed by atoms with Crippen molar-refractivity contribution in [3.63, 3.8) is 0 Å². The molecule has 0 radical (unpaired) electrons. The molecular formula is C21H28N4O3. The molecule has 28 heavy (non-hydrogen) atoms. The maximum absolute atomic E-state index is 12.4. The molecular weight excluding hydrogens is 356 g/mol. The summed E-state index contributed by atoms with van der Waals surface area (Å²) in [4.78, 5) is 40.1. The van der Waals surface area contributed by atoms with Crippen molar-refractivity contribution >= 4 is 23.8 Å². The number of piperazine rings is 1. The zero-order valence-electron chi connectivity index (χ0n) is 16.5. The van der Waals surface area contributed by atoms with Crippen LogP contribution in [-0.4, -0.2) is 72.8 Å². The first-order valence-corrected chi connectivity index (χ1v) is 9.81. The van der Waals surface area contributed by atoms with Gasteiger partial charge in [-0.25, -0.2) is 0 Å². The summed E-state index contributed by atoms with van der Waals surface area (Å²) in [7, 11) is 1.59. The molecule has 1 atom stereocenters. The van der Waals surface area contributed by atoms with Crippen molar-refractivity contribution < 1.29 is 14.4 Å². The summed E-state index contributed by atoms with van der Waals surface area (Å²) >= 11 is 0. The van der Waals surface area contributed by atoms with Gasteiger partial charge in [0.2, 0.25) is 11.8 Å².